The van der Waals surface area contributed by atoms with E-state index in [1.54, 1.807) is 0 Å². The number of hydrogen-bond donors (Lipinski definition) is 2. The molecule has 3 fully saturated rings. The van der Waals surface area contributed by atoms with Crippen molar-refractivity contribution in [3.8, 4) is 0 Å². The van der Waals surface area contributed by atoms with Crippen molar-refractivity contribution < 1.29 is 14.4 Å². The van der Waals surface area contributed by atoms with Gasteiger partial charge in [0.05, 0.1) is 11.0 Å². The van der Waals surface area contributed by atoms with E-state index in [0.717, 1.165) is 92.6 Å². The molecular weight excluding hydrogens is 598 g/mol. The van der Waals surface area contributed by atoms with Gasteiger partial charge in [0.25, 0.3) is 0 Å². The van der Waals surface area contributed by atoms with Crippen LogP contribution in [0.2, 0.25) is 0 Å². The van der Waals surface area contributed by atoms with E-state index in [1.807, 2.05) is 54.6 Å². The lowest BCUT2D eigenvalue weighted by atomic mass is 9.47. The van der Waals surface area contributed by atoms with Crippen LogP contribution in [-0.4, -0.2) is 35.3 Å². The smallest absolute Gasteiger partial charge is 0.223 e. The van der Waals surface area contributed by atoms with Gasteiger partial charge >= 0.3 is 0 Å². The fourth-order valence-corrected chi connectivity index (χ4v) is 10.6. The molecule has 7 nitrogen and oxygen atoms in total. The molecule has 7 rings (SSSR count). The molecular formula is C41H51N3O4. The fraction of sp³-hybridized carbons (Fsp3) is 0.561. The third kappa shape index (κ3) is 5.81. The lowest BCUT2D eigenvalue weighted by molar-refractivity contribution is -0.132. The zero-order valence-corrected chi connectivity index (χ0v) is 28.7. The number of unbranched alkanes of at least 4 members (excludes halogenated alkanes) is 2. The largest absolute Gasteiger partial charge is 0.354 e. The Bertz CT molecular complexity index is 1770. The van der Waals surface area contributed by atoms with Crippen molar-refractivity contribution in [3.63, 3.8) is 0 Å². The number of ketones is 1. The number of rotatable bonds is 10. The highest BCUT2D eigenvalue weighted by Gasteiger charge is 2.60. The summed E-state index contributed by atoms with van der Waals surface area (Å²) in [5, 5.41) is 7.66. The SMILES string of the molecule is C[C@]12CCC(=O)C=C1CC[C@@H]1[C@@H]2CC[C@]2(C)C(C(=O)NCCNC(=O)CCCCCn3c4ccccc4c(=O)c4ccccc43)CC[C@@H]12. The van der Waals surface area contributed by atoms with E-state index in [0.29, 0.717) is 49.5 Å². The van der Waals surface area contributed by atoms with Crippen LogP contribution < -0.4 is 16.1 Å². The Balaban J connectivity index is 0.846. The minimum atomic E-state index is 0.0262. The number of carbonyl (C=O) groups is 3. The second-order valence-corrected chi connectivity index (χ2v) is 15.6. The molecule has 2 aromatic carbocycles. The van der Waals surface area contributed by atoms with Crippen LogP contribution in [-0.2, 0) is 20.9 Å². The predicted molar refractivity (Wildman–Crippen MR) is 190 cm³/mol. The maximum Gasteiger partial charge on any atom is 0.223 e. The number of pyridine rings is 1. The third-order valence-corrected chi connectivity index (χ3v) is 13.2. The van der Waals surface area contributed by atoms with Crippen LogP contribution in [0, 0.1) is 34.5 Å². The number of aryl methyl sites for hydroxylation is 1. The predicted octanol–water partition coefficient (Wildman–Crippen LogP) is 7.10. The number of para-hydroxylation sites is 2. The standard InChI is InChI=1S/C41H51N3O4/c1-40-21-19-28(45)26-27(40)15-16-29-32-17-18-34(41(32,2)22-20-33(29)40)39(48)43-24-23-42-37(46)14-4-3-9-25-44-35-12-7-5-10-30(35)38(47)31-11-6-8-13-36(31)44/h5-8,10-13,26,29,32-34H,3-4,9,14-25H2,1-2H3,(H,42,46)(H,43,48)/t29-,32-,33-,34?,40-,41-/m0/s1. The molecule has 0 saturated heterocycles. The van der Waals surface area contributed by atoms with Crippen LogP contribution in [0.1, 0.15) is 90.9 Å². The van der Waals surface area contributed by atoms with Crippen LogP contribution >= 0.6 is 0 Å². The summed E-state index contributed by atoms with van der Waals surface area (Å²) < 4.78 is 2.23. The summed E-state index contributed by atoms with van der Waals surface area (Å²) in [7, 11) is 0. The summed E-state index contributed by atoms with van der Waals surface area (Å²) in [5.74, 6) is 2.37. The van der Waals surface area contributed by atoms with Gasteiger partial charge in [0.2, 0.25) is 11.8 Å². The number of carbonyl (C=O) groups excluding carboxylic acids is 3. The molecule has 4 aliphatic rings. The molecule has 2 amide bonds. The molecule has 1 heterocycles. The molecule has 48 heavy (non-hydrogen) atoms. The molecule has 0 spiro atoms. The first kappa shape index (κ1) is 32.8. The van der Waals surface area contributed by atoms with Crippen molar-refractivity contribution in [3.05, 3.63) is 70.4 Å². The number of allylic oxidation sites excluding steroid dienone is 1. The minimum absolute atomic E-state index is 0.0262. The third-order valence-electron chi connectivity index (χ3n) is 13.2. The first-order valence-electron chi connectivity index (χ1n) is 18.5. The Hall–Kier alpha value is -3.74. The van der Waals surface area contributed by atoms with E-state index < -0.39 is 0 Å². The Morgan fingerprint density at radius 2 is 1.50 bits per heavy atom. The lowest BCUT2D eigenvalue weighted by Crippen LogP contribution is -2.52. The molecule has 1 unspecified atom stereocenters. The quantitative estimate of drug-likeness (QED) is 0.181. The van der Waals surface area contributed by atoms with Gasteiger partial charge < -0.3 is 15.2 Å². The molecule has 4 aliphatic carbocycles. The highest BCUT2D eigenvalue weighted by Crippen LogP contribution is 2.66. The molecule has 0 bridgehead atoms. The molecule has 1 aromatic heterocycles. The molecule has 2 N–H and O–H groups in total. The Labute approximate surface area is 283 Å². The maximum atomic E-state index is 13.5. The molecule has 0 aliphatic heterocycles. The zero-order valence-electron chi connectivity index (χ0n) is 28.7. The fourth-order valence-electron chi connectivity index (χ4n) is 10.6. The van der Waals surface area contributed by atoms with Crippen molar-refractivity contribution in [1.82, 2.24) is 15.2 Å². The number of aromatic nitrogens is 1. The van der Waals surface area contributed by atoms with Gasteiger partial charge in [0.15, 0.2) is 11.2 Å². The van der Waals surface area contributed by atoms with Crippen LogP contribution in [0.25, 0.3) is 21.8 Å². The van der Waals surface area contributed by atoms with Crippen molar-refractivity contribution in [2.75, 3.05) is 13.1 Å². The van der Waals surface area contributed by atoms with E-state index in [1.165, 1.54) is 5.57 Å². The van der Waals surface area contributed by atoms with Crippen LogP contribution in [0.15, 0.2) is 65.0 Å². The molecule has 0 radical (unpaired) electrons. The van der Waals surface area contributed by atoms with E-state index in [4.69, 9.17) is 0 Å². The second-order valence-electron chi connectivity index (χ2n) is 15.6. The normalized spacial score (nSPS) is 29.5. The summed E-state index contributed by atoms with van der Waals surface area (Å²) in [6.45, 7) is 6.48. The van der Waals surface area contributed by atoms with E-state index in [-0.39, 0.29) is 34.0 Å². The topological polar surface area (TPSA) is 97.3 Å². The van der Waals surface area contributed by atoms with E-state index >= 15 is 0 Å². The second kappa shape index (κ2) is 13.3. The molecule has 6 atom stereocenters. The maximum absolute atomic E-state index is 13.5. The van der Waals surface area contributed by atoms with E-state index in [9.17, 15) is 19.2 Å². The number of fused-ring (bicyclic) bond motifs is 7. The number of hydrogen-bond acceptors (Lipinski definition) is 4. The van der Waals surface area contributed by atoms with Crippen LogP contribution in [0.5, 0.6) is 0 Å². The molecule has 7 heteroatoms. The van der Waals surface area contributed by atoms with Gasteiger partial charge in [-0.2, -0.15) is 0 Å². The van der Waals surface area contributed by atoms with Crippen molar-refractivity contribution in [1.29, 1.82) is 0 Å². The van der Waals surface area contributed by atoms with Gasteiger partial charge in [-0.3, -0.25) is 19.2 Å². The summed E-state index contributed by atoms with van der Waals surface area (Å²) in [4.78, 5) is 51.2. The van der Waals surface area contributed by atoms with E-state index in [2.05, 4.69) is 29.0 Å². The van der Waals surface area contributed by atoms with Gasteiger partial charge in [0, 0.05) is 49.2 Å². The summed E-state index contributed by atoms with van der Waals surface area (Å²) in [5.41, 5.74) is 3.56. The number of amides is 2. The minimum Gasteiger partial charge on any atom is -0.354 e. The monoisotopic (exact) mass is 649 g/mol. The lowest BCUT2D eigenvalue weighted by Gasteiger charge is -2.58. The summed E-state index contributed by atoms with van der Waals surface area (Å²) >= 11 is 0. The summed E-state index contributed by atoms with van der Waals surface area (Å²) in [6, 6.07) is 15.6. The van der Waals surface area contributed by atoms with Crippen molar-refractivity contribution >= 4 is 39.4 Å². The van der Waals surface area contributed by atoms with Gasteiger partial charge in [0.1, 0.15) is 0 Å². The van der Waals surface area contributed by atoms with Gasteiger partial charge in [-0.1, -0.05) is 50.1 Å². The number of nitrogens with zero attached hydrogens (tertiary/aromatic N) is 1. The van der Waals surface area contributed by atoms with Crippen LogP contribution in [0.4, 0.5) is 0 Å². The molecule has 254 valence electrons. The van der Waals surface area contributed by atoms with Gasteiger partial charge in [-0.25, -0.2) is 0 Å². The Morgan fingerprint density at radius 3 is 2.25 bits per heavy atom. The molecule has 3 saturated carbocycles. The highest BCUT2D eigenvalue weighted by molar-refractivity contribution is 5.93. The number of benzene rings is 2. The van der Waals surface area contributed by atoms with Crippen molar-refractivity contribution in [2.45, 2.75) is 97.4 Å². The number of nitrogens with one attached hydrogen (secondary N) is 2. The average molecular weight is 650 g/mol. The first-order valence-corrected chi connectivity index (χ1v) is 18.5. The van der Waals surface area contributed by atoms with Crippen LogP contribution in [0.3, 0.4) is 0 Å². The highest BCUT2D eigenvalue weighted by atomic mass is 16.2. The van der Waals surface area contributed by atoms with Gasteiger partial charge in [-0.05, 0) is 117 Å². The van der Waals surface area contributed by atoms with Crippen molar-refractivity contribution in [2.24, 2.45) is 34.5 Å². The first-order chi connectivity index (χ1) is 23.2. The summed E-state index contributed by atoms with van der Waals surface area (Å²) in [6.07, 6.45) is 13.2. The Morgan fingerprint density at radius 1 is 0.792 bits per heavy atom. The van der Waals surface area contributed by atoms with Gasteiger partial charge in [-0.15, -0.1) is 0 Å². The average Bonchev–Trinajstić information content (AvgIpc) is 3.45. The zero-order chi connectivity index (χ0) is 33.5. The molecule has 3 aromatic rings. The Kier molecular flexibility index (Phi) is 9.08.